The summed E-state index contributed by atoms with van der Waals surface area (Å²) < 4.78 is 2.03. The molecular formula is C20H29N5O. The molecule has 6 heteroatoms. The number of rotatable bonds is 2. The Morgan fingerprint density at radius 1 is 1.19 bits per heavy atom. The van der Waals surface area contributed by atoms with Gasteiger partial charge in [-0.25, -0.2) is 15.0 Å². The number of hydrogen-bond donors (Lipinski definition) is 0. The Balaban J connectivity index is 2.02. The fourth-order valence-electron chi connectivity index (χ4n) is 3.49. The number of carbonyl (C=O) groups excluding carboxylic acids is 1. The lowest BCUT2D eigenvalue weighted by atomic mass is 9.91. The maximum Gasteiger partial charge on any atom is 0.228 e. The van der Waals surface area contributed by atoms with Crippen molar-refractivity contribution in [1.29, 1.82) is 0 Å². The van der Waals surface area contributed by atoms with Crippen LogP contribution in [0.3, 0.4) is 0 Å². The molecule has 0 aromatic carbocycles. The van der Waals surface area contributed by atoms with E-state index in [1.54, 1.807) is 0 Å². The number of nitrogens with zero attached hydrogens (tertiary/aromatic N) is 5. The zero-order valence-corrected chi connectivity index (χ0v) is 16.7. The molecule has 1 amide bonds. The highest BCUT2D eigenvalue weighted by atomic mass is 16.2. The minimum Gasteiger partial charge on any atom is -0.332 e. The number of imidazole rings is 1. The predicted octanol–water partition coefficient (Wildman–Crippen LogP) is 3.59. The summed E-state index contributed by atoms with van der Waals surface area (Å²) >= 11 is 0. The number of carbonyl (C=O) groups is 1. The normalized spacial score (nSPS) is 18.2. The van der Waals surface area contributed by atoms with Crippen LogP contribution >= 0.6 is 0 Å². The standard InChI is InChI=1S/C20H29N5O/c1-13-11-15(17-12-21-14(2)24(17)6)23-18(22-13)16-9-7-8-10-25(16)19(26)20(3,4)5/h11-12,16H,7-10H2,1-6H3/t16-/m0/s1. The van der Waals surface area contributed by atoms with Crippen LogP contribution < -0.4 is 0 Å². The molecule has 1 saturated heterocycles. The largest absolute Gasteiger partial charge is 0.332 e. The van der Waals surface area contributed by atoms with Crippen LogP contribution in [0.2, 0.25) is 0 Å². The molecule has 140 valence electrons. The van der Waals surface area contributed by atoms with E-state index < -0.39 is 5.41 Å². The van der Waals surface area contributed by atoms with Gasteiger partial charge in [-0.2, -0.15) is 0 Å². The van der Waals surface area contributed by atoms with E-state index >= 15 is 0 Å². The molecule has 0 saturated carbocycles. The van der Waals surface area contributed by atoms with Crippen molar-refractivity contribution >= 4 is 5.91 Å². The van der Waals surface area contributed by atoms with E-state index in [4.69, 9.17) is 9.97 Å². The van der Waals surface area contributed by atoms with E-state index in [2.05, 4.69) is 4.98 Å². The van der Waals surface area contributed by atoms with Crippen LogP contribution in [0, 0.1) is 19.3 Å². The van der Waals surface area contributed by atoms with Gasteiger partial charge in [-0.15, -0.1) is 0 Å². The van der Waals surface area contributed by atoms with Gasteiger partial charge >= 0.3 is 0 Å². The van der Waals surface area contributed by atoms with Crippen LogP contribution in [0.15, 0.2) is 12.3 Å². The van der Waals surface area contributed by atoms with E-state index in [1.807, 2.05) is 63.4 Å². The lowest BCUT2D eigenvalue weighted by Crippen LogP contribution is -2.44. The van der Waals surface area contributed by atoms with Gasteiger partial charge < -0.3 is 9.47 Å². The summed E-state index contributed by atoms with van der Waals surface area (Å²) in [6.07, 6.45) is 4.89. The molecule has 0 radical (unpaired) electrons. The number of aromatic nitrogens is 4. The highest BCUT2D eigenvalue weighted by Gasteiger charge is 2.35. The SMILES string of the molecule is Cc1cc(-c2cnc(C)n2C)nc([C@@H]2CCCCN2C(=O)C(C)(C)C)n1. The number of hydrogen-bond acceptors (Lipinski definition) is 4. The number of aryl methyl sites for hydroxylation is 2. The van der Waals surface area contributed by atoms with E-state index in [0.717, 1.165) is 54.5 Å². The fraction of sp³-hybridized carbons (Fsp3) is 0.600. The summed E-state index contributed by atoms with van der Waals surface area (Å²) in [5, 5.41) is 0. The number of amides is 1. The lowest BCUT2D eigenvalue weighted by molar-refractivity contribution is -0.143. The minimum atomic E-state index is -0.401. The Morgan fingerprint density at radius 3 is 2.54 bits per heavy atom. The summed E-state index contributed by atoms with van der Waals surface area (Å²) in [7, 11) is 1.99. The zero-order valence-electron chi connectivity index (χ0n) is 16.7. The van der Waals surface area contributed by atoms with Crippen LogP contribution in [0.5, 0.6) is 0 Å². The van der Waals surface area contributed by atoms with Gasteiger partial charge in [0.1, 0.15) is 5.82 Å². The van der Waals surface area contributed by atoms with Crippen molar-refractivity contribution in [1.82, 2.24) is 24.4 Å². The molecule has 6 nitrogen and oxygen atoms in total. The van der Waals surface area contributed by atoms with Gasteiger partial charge in [-0.3, -0.25) is 4.79 Å². The first kappa shape index (κ1) is 18.5. The van der Waals surface area contributed by atoms with E-state index in [9.17, 15) is 4.79 Å². The van der Waals surface area contributed by atoms with Crippen molar-refractivity contribution in [2.75, 3.05) is 6.54 Å². The lowest BCUT2D eigenvalue weighted by Gasteiger charge is -2.38. The summed E-state index contributed by atoms with van der Waals surface area (Å²) in [6.45, 7) is 10.7. The van der Waals surface area contributed by atoms with Crippen LogP contribution in [-0.2, 0) is 11.8 Å². The third-order valence-corrected chi connectivity index (χ3v) is 5.06. The van der Waals surface area contributed by atoms with Crippen molar-refractivity contribution in [3.63, 3.8) is 0 Å². The molecule has 0 bridgehead atoms. The van der Waals surface area contributed by atoms with Gasteiger partial charge in [0.15, 0.2) is 5.82 Å². The minimum absolute atomic E-state index is 0.0524. The first-order chi connectivity index (χ1) is 12.2. The Labute approximate surface area is 155 Å². The van der Waals surface area contributed by atoms with Gasteiger partial charge in [0.2, 0.25) is 5.91 Å². The Bertz CT molecular complexity index is 818. The molecule has 1 aliphatic heterocycles. The predicted molar refractivity (Wildman–Crippen MR) is 101 cm³/mol. The zero-order chi connectivity index (χ0) is 19.1. The van der Waals surface area contributed by atoms with Crippen LogP contribution in [0.4, 0.5) is 0 Å². The number of piperidine rings is 1. The van der Waals surface area contributed by atoms with Gasteiger partial charge in [0.05, 0.1) is 23.6 Å². The van der Waals surface area contributed by atoms with Gasteiger partial charge in [0, 0.05) is 24.7 Å². The molecule has 0 spiro atoms. The average molecular weight is 355 g/mol. The fourth-order valence-corrected chi connectivity index (χ4v) is 3.49. The second kappa shape index (κ2) is 6.82. The molecule has 2 aromatic heterocycles. The van der Waals surface area contributed by atoms with Crippen molar-refractivity contribution in [2.45, 2.75) is 59.9 Å². The average Bonchev–Trinajstić information content (AvgIpc) is 2.92. The molecule has 0 aliphatic carbocycles. The van der Waals surface area contributed by atoms with Crippen LogP contribution in [-0.4, -0.2) is 36.9 Å². The molecule has 1 atom stereocenters. The van der Waals surface area contributed by atoms with Gasteiger partial charge in [0.25, 0.3) is 0 Å². The van der Waals surface area contributed by atoms with Gasteiger partial charge in [-0.05, 0) is 39.2 Å². The first-order valence-corrected chi connectivity index (χ1v) is 9.34. The maximum atomic E-state index is 13.0. The molecule has 3 heterocycles. The molecule has 26 heavy (non-hydrogen) atoms. The topological polar surface area (TPSA) is 63.9 Å². The Kier molecular flexibility index (Phi) is 4.86. The van der Waals surface area contributed by atoms with Crippen molar-refractivity contribution in [2.24, 2.45) is 12.5 Å². The summed E-state index contributed by atoms with van der Waals surface area (Å²) in [4.78, 5) is 28.9. The summed E-state index contributed by atoms with van der Waals surface area (Å²) in [5.74, 6) is 1.86. The highest BCUT2D eigenvalue weighted by Crippen LogP contribution is 2.33. The Hall–Kier alpha value is -2.24. The van der Waals surface area contributed by atoms with Crippen molar-refractivity contribution < 1.29 is 4.79 Å². The number of likely N-dealkylation sites (tertiary alicyclic amines) is 1. The third-order valence-electron chi connectivity index (χ3n) is 5.06. The van der Waals surface area contributed by atoms with E-state index in [0.29, 0.717) is 0 Å². The first-order valence-electron chi connectivity index (χ1n) is 9.34. The summed E-state index contributed by atoms with van der Waals surface area (Å²) in [5.41, 5.74) is 2.35. The molecule has 2 aromatic rings. The Morgan fingerprint density at radius 2 is 1.92 bits per heavy atom. The maximum absolute atomic E-state index is 13.0. The molecule has 1 fully saturated rings. The second-order valence-electron chi connectivity index (χ2n) is 8.26. The van der Waals surface area contributed by atoms with Crippen LogP contribution in [0.1, 0.15) is 63.4 Å². The third kappa shape index (κ3) is 3.50. The van der Waals surface area contributed by atoms with Gasteiger partial charge in [-0.1, -0.05) is 20.8 Å². The summed E-state index contributed by atoms with van der Waals surface area (Å²) in [6, 6.07) is 1.93. The van der Waals surface area contributed by atoms with E-state index in [1.165, 1.54) is 0 Å². The molecule has 0 unspecified atom stereocenters. The van der Waals surface area contributed by atoms with Crippen LogP contribution in [0.25, 0.3) is 11.4 Å². The molecular weight excluding hydrogens is 326 g/mol. The smallest absolute Gasteiger partial charge is 0.228 e. The monoisotopic (exact) mass is 355 g/mol. The molecule has 3 rings (SSSR count). The van der Waals surface area contributed by atoms with Crippen molar-refractivity contribution in [3.8, 4) is 11.4 Å². The van der Waals surface area contributed by atoms with Crippen molar-refractivity contribution in [3.05, 3.63) is 29.6 Å². The highest BCUT2D eigenvalue weighted by molar-refractivity contribution is 5.82. The molecule has 1 aliphatic rings. The quantitative estimate of drug-likeness (QED) is 0.826. The van der Waals surface area contributed by atoms with E-state index in [-0.39, 0.29) is 11.9 Å². The molecule has 0 N–H and O–H groups in total. The second-order valence-corrected chi connectivity index (χ2v) is 8.26.